The molecule has 0 aliphatic rings. The fourth-order valence-corrected chi connectivity index (χ4v) is 6.09. The Morgan fingerprint density at radius 3 is 2.28 bits per heavy atom. The van der Waals surface area contributed by atoms with Crippen LogP contribution in [0, 0.1) is 5.92 Å². The van der Waals surface area contributed by atoms with Gasteiger partial charge in [-0.3, -0.25) is 0 Å². The van der Waals surface area contributed by atoms with Gasteiger partial charge in [-0.1, -0.05) is 70.2 Å². The van der Waals surface area contributed by atoms with E-state index in [0.717, 1.165) is 24.6 Å². The number of rotatable bonds is 13. The molecule has 0 aliphatic carbocycles. The van der Waals surface area contributed by atoms with E-state index in [-0.39, 0.29) is 18.6 Å². The summed E-state index contributed by atoms with van der Waals surface area (Å²) < 4.78 is 12.6. The molecule has 0 radical (unpaired) electrons. The average molecular weight is 365 g/mol. The van der Waals surface area contributed by atoms with E-state index in [1.807, 2.05) is 24.3 Å². The number of aliphatic hydroxyl groups is 1. The number of hydrogen-bond acceptors (Lipinski definition) is 3. The summed E-state index contributed by atoms with van der Waals surface area (Å²) in [7, 11) is -1.66. The normalized spacial score (nSPS) is 14.8. The van der Waals surface area contributed by atoms with Crippen LogP contribution in [0.5, 0.6) is 0 Å². The maximum atomic E-state index is 9.06. The zero-order valence-corrected chi connectivity index (χ0v) is 17.4. The molecule has 1 aromatic carbocycles. The molecular weight excluding hydrogens is 328 g/mol. The van der Waals surface area contributed by atoms with E-state index in [9.17, 15) is 0 Å². The molecular formula is C21H36O3Si. The second-order valence-electron chi connectivity index (χ2n) is 6.70. The molecule has 0 aromatic heterocycles. The minimum absolute atomic E-state index is 0.0828. The smallest absolute Gasteiger partial charge is 0.192 e. The van der Waals surface area contributed by atoms with E-state index in [0.29, 0.717) is 13.2 Å². The van der Waals surface area contributed by atoms with Gasteiger partial charge in [-0.15, -0.1) is 0 Å². The third kappa shape index (κ3) is 7.86. The standard InChI is InChI=1S/C21H36O3Si/c1-5-25(6-2,7-3)24-21(19(4)12-11-16-22)15-17-23-18-20-13-9-8-10-14-20/h8-14,19,21-22H,5-7,15-18H2,1-4H3/b12-11+/t19-,21-/m0/s1. The first-order valence-corrected chi connectivity index (χ1v) is 12.2. The van der Waals surface area contributed by atoms with Crippen molar-refractivity contribution in [1.29, 1.82) is 0 Å². The first-order valence-electron chi connectivity index (χ1n) is 9.67. The number of ether oxygens (including phenoxy) is 1. The Morgan fingerprint density at radius 1 is 1.08 bits per heavy atom. The van der Waals surface area contributed by atoms with Gasteiger partial charge in [0, 0.05) is 6.61 Å². The topological polar surface area (TPSA) is 38.7 Å². The van der Waals surface area contributed by atoms with E-state index in [2.05, 4.69) is 45.9 Å². The van der Waals surface area contributed by atoms with Gasteiger partial charge >= 0.3 is 0 Å². The van der Waals surface area contributed by atoms with E-state index in [4.69, 9.17) is 14.3 Å². The molecule has 0 saturated heterocycles. The van der Waals surface area contributed by atoms with Crippen molar-refractivity contribution in [3.05, 3.63) is 48.0 Å². The van der Waals surface area contributed by atoms with Crippen LogP contribution in [0.25, 0.3) is 0 Å². The van der Waals surface area contributed by atoms with Gasteiger partial charge in [0.2, 0.25) is 0 Å². The second-order valence-corrected chi connectivity index (χ2v) is 11.4. The quantitative estimate of drug-likeness (QED) is 0.298. The lowest BCUT2D eigenvalue weighted by Crippen LogP contribution is -2.42. The Bertz CT molecular complexity index is 463. The molecule has 25 heavy (non-hydrogen) atoms. The second kappa shape index (κ2) is 12.4. The van der Waals surface area contributed by atoms with Crippen molar-refractivity contribution in [3.63, 3.8) is 0 Å². The fourth-order valence-electron chi connectivity index (χ4n) is 3.11. The van der Waals surface area contributed by atoms with Gasteiger partial charge in [0.25, 0.3) is 0 Å². The molecule has 0 fully saturated rings. The summed E-state index contributed by atoms with van der Waals surface area (Å²) in [4.78, 5) is 0. The Balaban J connectivity index is 2.62. The third-order valence-corrected chi connectivity index (χ3v) is 9.79. The number of aliphatic hydroxyl groups excluding tert-OH is 1. The maximum absolute atomic E-state index is 9.06. The van der Waals surface area contributed by atoms with E-state index in [1.165, 1.54) is 5.56 Å². The molecule has 0 spiro atoms. The van der Waals surface area contributed by atoms with Gasteiger partial charge < -0.3 is 14.3 Å². The van der Waals surface area contributed by atoms with Crippen molar-refractivity contribution in [3.8, 4) is 0 Å². The van der Waals surface area contributed by atoms with Gasteiger partial charge in [-0.2, -0.15) is 0 Å². The predicted octanol–water partition coefficient (Wildman–Crippen LogP) is 5.17. The Morgan fingerprint density at radius 2 is 1.72 bits per heavy atom. The molecule has 0 amide bonds. The zero-order valence-electron chi connectivity index (χ0n) is 16.4. The molecule has 2 atom stereocenters. The van der Waals surface area contributed by atoms with E-state index >= 15 is 0 Å². The lowest BCUT2D eigenvalue weighted by Gasteiger charge is -2.35. The number of hydrogen-bond donors (Lipinski definition) is 1. The highest BCUT2D eigenvalue weighted by molar-refractivity contribution is 6.73. The average Bonchev–Trinajstić information content (AvgIpc) is 2.67. The summed E-state index contributed by atoms with van der Waals surface area (Å²) in [6, 6.07) is 13.7. The monoisotopic (exact) mass is 364 g/mol. The third-order valence-electron chi connectivity index (χ3n) is 5.12. The van der Waals surface area contributed by atoms with Gasteiger partial charge in [0.05, 0.1) is 19.3 Å². The Kier molecular flexibility index (Phi) is 11.0. The van der Waals surface area contributed by atoms with Crippen LogP contribution in [-0.4, -0.2) is 32.7 Å². The van der Waals surface area contributed by atoms with Crippen molar-refractivity contribution in [2.24, 2.45) is 5.92 Å². The van der Waals surface area contributed by atoms with E-state index in [1.54, 1.807) is 0 Å². The van der Waals surface area contributed by atoms with Gasteiger partial charge in [-0.05, 0) is 36.0 Å². The predicted molar refractivity (Wildman–Crippen MR) is 108 cm³/mol. The summed E-state index contributed by atoms with van der Waals surface area (Å²) in [6.07, 6.45) is 4.93. The van der Waals surface area contributed by atoms with Crippen LogP contribution in [0.3, 0.4) is 0 Å². The van der Waals surface area contributed by atoms with Crippen molar-refractivity contribution >= 4 is 8.32 Å². The van der Waals surface area contributed by atoms with Crippen LogP contribution in [0.2, 0.25) is 18.1 Å². The molecule has 142 valence electrons. The molecule has 0 bridgehead atoms. The lowest BCUT2D eigenvalue weighted by atomic mass is 10.0. The highest BCUT2D eigenvalue weighted by Crippen LogP contribution is 2.27. The summed E-state index contributed by atoms with van der Waals surface area (Å²) in [5.74, 6) is 0.281. The Labute approximate surface area is 155 Å². The van der Waals surface area contributed by atoms with Crippen molar-refractivity contribution in [2.45, 2.75) is 65.0 Å². The molecule has 3 nitrogen and oxygen atoms in total. The molecule has 1 rings (SSSR count). The summed E-state index contributed by atoms with van der Waals surface area (Å²) in [5.41, 5.74) is 1.20. The summed E-state index contributed by atoms with van der Waals surface area (Å²) >= 11 is 0. The molecule has 0 unspecified atom stereocenters. The van der Waals surface area contributed by atoms with Gasteiger partial charge in [-0.25, -0.2) is 0 Å². The minimum Gasteiger partial charge on any atom is -0.413 e. The Hall–Kier alpha value is -0.943. The summed E-state index contributed by atoms with van der Waals surface area (Å²) in [6.45, 7) is 10.4. The largest absolute Gasteiger partial charge is 0.413 e. The summed E-state index contributed by atoms with van der Waals surface area (Å²) in [5, 5.41) is 9.06. The zero-order chi connectivity index (χ0) is 18.5. The maximum Gasteiger partial charge on any atom is 0.192 e. The van der Waals surface area contributed by atoms with Crippen LogP contribution in [-0.2, 0) is 15.8 Å². The van der Waals surface area contributed by atoms with Crippen molar-refractivity contribution in [2.75, 3.05) is 13.2 Å². The highest BCUT2D eigenvalue weighted by Gasteiger charge is 2.33. The van der Waals surface area contributed by atoms with Crippen LogP contribution in [0.15, 0.2) is 42.5 Å². The van der Waals surface area contributed by atoms with Gasteiger partial charge in [0.1, 0.15) is 0 Å². The van der Waals surface area contributed by atoms with Crippen LogP contribution >= 0.6 is 0 Å². The van der Waals surface area contributed by atoms with Crippen LogP contribution in [0.1, 0.15) is 39.7 Å². The highest BCUT2D eigenvalue weighted by atomic mass is 28.4. The fraction of sp³-hybridized carbons (Fsp3) is 0.619. The van der Waals surface area contributed by atoms with Crippen LogP contribution < -0.4 is 0 Å². The number of benzene rings is 1. The van der Waals surface area contributed by atoms with Crippen molar-refractivity contribution < 1.29 is 14.3 Å². The minimum atomic E-state index is -1.66. The molecule has 0 heterocycles. The first kappa shape index (κ1) is 22.1. The first-order chi connectivity index (χ1) is 12.1. The molecule has 4 heteroatoms. The van der Waals surface area contributed by atoms with Gasteiger partial charge in [0.15, 0.2) is 8.32 Å². The van der Waals surface area contributed by atoms with E-state index < -0.39 is 8.32 Å². The van der Waals surface area contributed by atoms with Crippen LogP contribution in [0.4, 0.5) is 0 Å². The van der Waals surface area contributed by atoms with Crippen molar-refractivity contribution in [1.82, 2.24) is 0 Å². The molecule has 0 saturated carbocycles. The molecule has 1 aromatic rings. The lowest BCUT2D eigenvalue weighted by molar-refractivity contribution is 0.0652. The SMILES string of the molecule is CC[Si](CC)(CC)O[C@@H](CCOCc1ccccc1)[C@@H](C)/C=C/CO. The molecule has 1 N–H and O–H groups in total. The molecule has 0 aliphatic heterocycles.